The van der Waals surface area contributed by atoms with Gasteiger partial charge in [0, 0.05) is 19.6 Å². The number of nitrogens with zero attached hydrogens (tertiary/aromatic N) is 5. The summed E-state index contributed by atoms with van der Waals surface area (Å²) in [5, 5.41) is 18.6. The normalized spacial score (nSPS) is 19.8. The van der Waals surface area contributed by atoms with Crippen molar-refractivity contribution in [3.05, 3.63) is 64.4 Å². The topological polar surface area (TPSA) is 75.9 Å². The molecule has 3 heterocycles. The molecular formula is C19H21FN6OS. The molecule has 3 aromatic rings. The molecule has 2 aromatic heterocycles. The number of hydrogen-bond donors (Lipinski definition) is 1. The van der Waals surface area contributed by atoms with Crippen LogP contribution in [0.5, 0.6) is 0 Å². The summed E-state index contributed by atoms with van der Waals surface area (Å²) >= 11 is 1.65. The lowest BCUT2D eigenvalue weighted by molar-refractivity contribution is -0.125. The number of rotatable bonds is 7. The van der Waals surface area contributed by atoms with Crippen molar-refractivity contribution >= 4 is 17.2 Å². The zero-order valence-electron chi connectivity index (χ0n) is 15.2. The lowest BCUT2D eigenvalue weighted by Crippen LogP contribution is -2.43. The second kappa shape index (κ2) is 8.57. The SMILES string of the molecule is O=C(NCCc1ccc(F)cc1)[C@@H]1C[C@@H](n2cnnn2)CN1Cc1ccsc1. The van der Waals surface area contributed by atoms with E-state index in [1.165, 1.54) is 17.7 Å². The molecule has 0 bridgehead atoms. The molecule has 0 spiro atoms. The van der Waals surface area contributed by atoms with Gasteiger partial charge in [0.1, 0.15) is 12.1 Å². The van der Waals surface area contributed by atoms with Crippen LogP contribution in [0.15, 0.2) is 47.4 Å². The van der Waals surface area contributed by atoms with Gasteiger partial charge >= 0.3 is 0 Å². The highest BCUT2D eigenvalue weighted by molar-refractivity contribution is 7.07. The summed E-state index contributed by atoms with van der Waals surface area (Å²) in [5.41, 5.74) is 2.20. The summed E-state index contributed by atoms with van der Waals surface area (Å²) in [7, 11) is 0. The lowest BCUT2D eigenvalue weighted by atomic mass is 10.1. The summed E-state index contributed by atoms with van der Waals surface area (Å²) in [6, 6.07) is 8.28. The fraction of sp³-hybridized carbons (Fsp3) is 0.368. The molecule has 7 nitrogen and oxygen atoms in total. The molecule has 146 valence electrons. The minimum Gasteiger partial charge on any atom is -0.354 e. The number of halogens is 1. The van der Waals surface area contributed by atoms with E-state index in [1.807, 2.05) is 5.38 Å². The fourth-order valence-corrected chi connectivity index (χ4v) is 4.23. The Bertz CT molecular complexity index is 884. The van der Waals surface area contributed by atoms with E-state index < -0.39 is 0 Å². The van der Waals surface area contributed by atoms with Crippen LogP contribution < -0.4 is 5.32 Å². The van der Waals surface area contributed by atoms with Gasteiger partial charge in [-0.3, -0.25) is 9.69 Å². The molecule has 0 aliphatic carbocycles. The molecule has 1 aromatic carbocycles. The molecule has 9 heteroatoms. The number of nitrogens with one attached hydrogen (secondary N) is 1. The number of amides is 1. The molecule has 1 amide bonds. The zero-order valence-corrected chi connectivity index (χ0v) is 16.1. The van der Waals surface area contributed by atoms with Gasteiger partial charge in [0.2, 0.25) is 5.91 Å². The fourth-order valence-electron chi connectivity index (χ4n) is 3.57. The van der Waals surface area contributed by atoms with Crippen LogP contribution in [0.3, 0.4) is 0 Å². The van der Waals surface area contributed by atoms with E-state index in [1.54, 1.807) is 34.5 Å². The number of carbonyl (C=O) groups is 1. The Balaban J connectivity index is 1.38. The number of benzene rings is 1. The monoisotopic (exact) mass is 400 g/mol. The van der Waals surface area contributed by atoms with Gasteiger partial charge in [-0.15, -0.1) is 5.10 Å². The molecule has 0 radical (unpaired) electrons. The highest BCUT2D eigenvalue weighted by Crippen LogP contribution is 2.28. The molecule has 4 rings (SSSR count). The average Bonchev–Trinajstić information content (AvgIpc) is 3.45. The van der Waals surface area contributed by atoms with Crippen molar-refractivity contribution in [2.75, 3.05) is 13.1 Å². The number of thiophene rings is 1. The van der Waals surface area contributed by atoms with Gasteiger partial charge in [0.15, 0.2) is 0 Å². The highest BCUT2D eigenvalue weighted by atomic mass is 32.1. The van der Waals surface area contributed by atoms with Gasteiger partial charge in [0.05, 0.1) is 12.1 Å². The van der Waals surface area contributed by atoms with E-state index in [-0.39, 0.29) is 23.8 Å². The van der Waals surface area contributed by atoms with Gasteiger partial charge < -0.3 is 5.32 Å². The molecule has 1 saturated heterocycles. The average molecular weight is 400 g/mol. The molecule has 1 aliphatic heterocycles. The van der Waals surface area contributed by atoms with Crippen LogP contribution in [-0.2, 0) is 17.8 Å². The summed E-state index contributed by atoms with van der Waals surface area (Å²) in [4.78, 5) is 15.1. The number of carbonyl (C=O) groups excluding carboxylic acids is 1. The van der Waals surface area contributed by atoms with Crippen LogP contribution >= 0.6 is 11.3 Å². The molecule has 1 fully saturated rings. The van der Waals surface area contributed by atoms with Crippen LogP contribution in [0, 0.1) is 5.82 Å². The van der Waals surface area contributed by atoms with Gasteiger partial charge in [-0.1, -0.05) is 12.1 Å². The third kappa shape index (κ3) is 4.42. The van der Waals surface area contributed by atoms with Gasteiger partial charge in [0.25, 0.3) is 0 Å². The predicted octanol–water partition coefficient (Wildman–Crippen LogP) is 2.05. The van der Waals surface area contributed by atoms with E-state index in [0.717, 1.165) is 18.7 Å². The Morgan fingerprint density at radius 2 is 2.11 bits per heavy atom. The van der Waals surface area contributed by atoms with E-state index in [9.17, 15) is 9.18 Å². The first-order chi connectivity index (χ1) is 13.7. The summed E-state index contributed by atoms with van der Waals surface area (Å²) < 4.78 is 14.7. The van der Waals surface area contributed by atoms with Crippen molar-refractivity contribution in [2.45, 2.75) is 31.5 Å². The Morgan fingerprint density at radius 3 is 2.82 bits per heavy atom. The molecule has 0 unspecified atom stereocenters. The third-order valence-electron chi connectivity index (χ3n) is 5.01. The molecular weight excluding hydrogens is 379 g/mol. The Kier molecular flexibility index (Phi) is 5.73. The van der Waals surface area contributed by atoms with Gasteiger partial charge in [-0.2, -0.15) is 11.3 Å². The first kappa shape index (κ1) is 18.7. The molecule has 0 saturated carbocycles. The quantitative estimate of drug-likeness (QED) is 0.657. The van der Waals surface area contributed by atoms with Crippen LogP contribution in [0.2, 0.25) is 0 Å². The standard InChI is InChI=1S/C19H21FN6OS/c20-16-3-1-14(2-4-16)5-7-21-19(27)18-9-17(26-13-22-23-24-26)11-25(18)10-15-6-8-28-12-15/h1-4,6,8,12-13,17-18H,5,7,9-11H2,(H,21,27)/t17-,18+/m1/s1. The van der Waals surface area contributed by atoms with Crippen molar-refractivity contribution < 1.29 is 9.18 Å². The summed E-state index contributed by atoms with van der Waals surface area (Å²) in [6.45, 7) is 1.96. The zero-order chi connectivity index (χ0) is 19.3. The van der Waals surface area contributed by atoms with Gasteiger partial charge in [-0.05, 0) is 63.4 Å². The number of aromatic nitrogens is 4. The summed E-state index contributed by atoms with van der Waals surface area (Å²) in [6.07, 6.45) is 2.93. The molecule has 1 aliphatic rings. The number of tetrazole rings is 1. The van der Waals surface area contributed by atoms with Crippen molar-refractivity contribution in [3.63, 3.8) is 0 Å². The largest absolute Gasteiger partial charge is 0.354 e. The van der Waals surface area contributed by atoms with Crippen molar-refractivity contribution in [1.82, 2.24) is 30.4 Å². The molecule has 28 heavy (non-hydrogen) atoms. The molecule has 1 N–H and O–H groups in total. The Morgan fingerprint density at radius 1 is 1.25 bits per heavy atom. The van der Waals surface area contributed by atoms with E-state index >= 15 is 0 Å². The lowest BCUT2D eigenvalue weighted by Gasteiger charge is -2.23. The number of likely N-dealkylation sites (tertiary alicyclic amines) is 1. The number of hydrogen-bond acceptors (Lipinski definition) is 6. The highest BCUT2D eigenvalue weighted by Gasteiger charge is 2.38. The van der Waals surface area contributed by atoms with E-state index in [2.05, 4.69) is 37.2 Å². The maximum Gasteiger partial charge on any atom is 0.237 e. The van der Waals surface area contributed by atoms with Crippen LogP contribution in [-0.4, -0.2) is 50.1 Å². The minimum absolute atomic E-state index is 0.00733. The van der Waals surface area contributed by atoms with Crippen molar-refractivity contribution in [2.24, 2.45) is 0 Å². The summed E-state index contributed by atoms with van der Waals surface area (Å²) in [5.74, 6) is -0.246. The van der Waals surface area contributed by atoms with Crippen molar-refractivity contribution in [1.29, 1.82) is 0 Å². The van der Waals surface area contributed by atoms with Crippen molar-refractivity contribution in [3.8, 4) is 0 Å². The Hall–Kier alpha value is -2.65. The minimum atomic E-state index is -0.253. The predicted molar refractivity (Wildman–Crippen MR) is 103 cm³/mol. The van der Waals surface area contributed by atoms with Crippen LogP contribution in [0.1, 0.15) is 23.6 Å². The van der Waals surface area contributed by atoms with E-state index in [4.69, 9.17) is 0 Å². The van der Waals surface area contributed by atoms with Crippen LogP contribution in [0.25, 0.3) is 0 Å². The Labute approximate surface area is 166 Å². The van der Waals surface area contributed by atoms with Crippen LogP contribution in [0.4, 0.5) is 4.39 Å². The maximum absolute atomic E-state index is 13.0. The second-order valence-corrected chi connectivity index (χ2v) is 7.70. The second-order valence-electron chi connectivity index (χ2n) is 6.92. The first-order valence-electron chi connectivity index (χ1n) is 9.19. The first-order valence-corrected chi connectivity index (χ1v) is 10.1. The third-order valence-corrected chi connectivity index (χ3v) is 5.75. The molecule has 2 atom stereocenters. The smallest absolute Gasteiger partial charge is 0.237 e. The maximum atomic E-state index is 13.0. The van der Waals surface area contributed by atoms with E-state index in [0.29, 0.717) is 19.4 Å². The van der Waals surface area contributed by atoms with Gasteiger partial charge in [-0.25, -0.2) is 9.07 Å².